The molecule has 0 amide bonds. The minimum atomic E-state index is -1.42. The predicted octanol–water partition coefficient (Wildman–Crippen LogP) is 6.48. The fourth-order valence-corrected chi connectivity index (χ4v) is 6.07. The summed E-state index contributed by atoms with van der Waals surface area (Å²) in [6, 6.07) is 5.01. The van der Waals surface area contributed by atoms with Crippen LogP contribution in [-0.2, 0) is 6.42 Å². The number of piperidine rings is 1. The summed E-state index contributed by atoms with van der Waals surface area (Å²) in [5.74, 6) is 0.659. The Bertz CT molecular complexity index is 1410. The van der Waals surface area contributed by atoms with Crippen LogP contribution in [0.3, 0.4) is 0 Å². The van der Waals surface area contributed by atoms with Gasteiger partial charge in [0.1, 0.15) is 22.7 Å². The third-order valence-corrected chi connectivity index (χ3v) is 8.90. The van der Waals surface area contributed by atoms with Gasteiger partial charge in [0, 0.05) is 36.0 Å². The van der Waals surface area contributed by atoms with E-state index >= 15 is 8.78 Å². The maximum atomic E-state index is 15.6. The van der Waals surface area contributed by atoms with E-state index in [1.54, 1.807) is 24.7 Å². The molecule has 0 aliphatic carbocycles. The number of nitrogens with one attached hydrogen (secondary N) is 1. The predicted molar refractivity (Wildman–Crippen MR) is 153 cm³/mol. The van der Waals surface area contributed by atoms with E-state index < -0.39 is 11.7 Å². The lowest BCUT2D eigenvalue weighted by molar-refractivity contribution is 0.0480. The van der Waals surface area contributed by atoms with Crippen molar-refractivity contribution in [3.63, 3.8) is 0 Å². The van der Waals surface area contributed by atoms with Crippen LogP contribution in [0.5, 0.6) is 5.88 Å². The van der Waals surface area contributed by atoms with Gasteiger partial charge in [-0.05, 0) is 74.9 Å². The molecule has 5 rings (SSSR count). The van der Waals surface area contributed by atoms with Crippen molar-refractivity contribution in [3.05, 3.63) is 35.8 Å². The number of hydrogen-bond donors (Lipinski definition) is 1. The highest BCUT2D eigenvalue weighted by Crippen LogP contribution is 2.44. The normalized spacial score (nSPS) is 25.6. The largest absolute Gasteiger partial charge is 0.479 e. The van der Waals surface area contributed by atoms with Crippen LogP contribution in [0.2, 0.25) is 0 Å². The first-order valence-corrected chi connectivity index (χ1v) is 14.0. The molecular weight excluding hydrogens is 498 g/mol. The summed E-state index contributed by atoms with van der Waals surface area (Å²) >= 11 is 0. The zero-order valence-electron chi connectivity index (χ0n) is 24.1. The van der Waals surface area contributed by atoms with E-state index in [1.807, 2.05) is 19.1 Å². The molecule has 3 atom stereocenters. The van der Waals surface area contributed by atoms with Crippen LogP contribution in [0.15, 0.2) is 29.4 Å². The summed E-state index contributed by atoms with van der Waals surface area (Å²) in [7, 11) is 1.55. The lowest BCUT2D eigenvalue weighted by atomic mass is 9.69. The minimum Gasteiger partial charge on any atom is -0.479 e. The number of aliphatic imine (C=N–C) groups is 1. The Hall–Kier alpha value is -3.07. The Morgan fingerprint density at radius 2 is 2.03 bits per heavy atom. The molecule has 1 unspecified atom stereocenters. The molecule has 0 bridgehead atoms. The standard InChI is InChI=1S/C30H40F2N6O/c1-8-11-37-12-10-24(30(6,32)17-37)34-28-35-27(39-7)26-22(9-13-38(26)36-28)20-14-21-16-29(5,18(2)3)19(4)33-25(21)23(31)15-20/h9,13-15,18,24H,8,10-12,16-17H2,1-7H3,(H,34,36)/t24-,29+,30?/m1/s1. The van der Waals surface area contributed by atoms with Crippen molar-refractivity contribution in [3.8, 4) is 17.0 Å². The Morgan fingerprint density at radius 1 is 1.26 bits per heavy atom. The van der Waals surface area contributed by atoms with E-state index in [9.17, 15) is 0 Å². The fourth-order valence-electron chi connectivity index (χ4n) is 6.07. The lowest BCUT2D eigenvalue weighted by Crippen LogP contribution is -2.55. The third-order valence-electron chi connectivity index (χ3n) is 8.90. The van der Waals surface area contributed by atoms with Gasteiger partial charge in [0.2, 0.25) is 11.8 Å². The molecule has 9 heteroatoms. The molecule has 2 aliphatic heterocycles. The van der Waals surface area contributed by atoms with Crippen LogP contribution in [-0.4, -0.2) is 63.7 Å². The topological polar surface area (TPSA) is 67.0 Å². The molecule has 210 valence electrons. The minimum absolute atomic E-state index is 0.139. The van der Waals surface area contributed by atoms with Crippen LogP contribution >= 0.6 is 0 Å². The van der Waals surface area contributed by atoms with Crippen LogP contribution < -0.4 is 10.1 Å². The van der Waals surface area contributed by atoms with E-state index in [1.165, 1.54) is 6.07 Å². The maximum absolute atomic E-state index is 15.6. The molecule has 1 N–H and O–H groups in total. The Balaban J connectivity index is 1.49. The first-order valence-electron chi connectivity index (χ1n) is 14.0. The number of anilines is 1. The molecule has 0 radical (unpaired) electrons. The van der Waals surface area contributed by atoms with Gasteiger partial charge in [-0.1, -0.05) is 27.7 Å². The highest BCUT2D eigenvalue weighted by molar-refractivity contribution is 5.93. The summed E-state index contributed by atoms with van der Waals surface area (Å²) in [6.45, 7) is 14.4. The average molecular weight is 539 g/mol. The van der Waals surface area contributed by atoms with E-state index in [-0.39, 0.29) is 11.2 Å². The maximum Gasteiger partial charge on any atom is 0.244 e. The van der Waals surface area contributed by atoms with Gasteiger partial charge in [0.25, 0.3) is 0 Å². The Kier molecular flexibility index (Phi) is 7.16. The van der Waals surface area contributed by atoms with Crippen LogP contribution in [0.1, 0.15) is 59.9 Å². The molecule has 7 nitrogen and oxygen atoms in total. The second kappa shape index (κ2) is 10.2. The number of rotatable bonds is 7. The van der Waals surface area contributed by atoms with Gasteiger partial charge >= 0.3 is 0 Å². The van der Waals surface area contributed by atoms with E-state index in [0.29, 0.717) is 48.3 Å². The number of alkyl halides is 1. The van der Waals surface area contributed by atoms with Gasteiger partial charge in [0.05, 0.1) is 13.2 Å². The summed E-state index contributed by atoms with van der Waals surface area (Å²) < 4.78 is 38.3. The number of aromatic nitrogens is 3. The van der Waals surface area contributed by atoms with Crippen molar-refractivity contribution in [2.24, 2.45) is 16.3 Å². The number of ether oxygens (including phenoxy) is 1. The summed E-state index contributed by atoms with van der Waals surface area (Å²) in [6.07, 6.45) is 4.17. The SMILES string of the molecule is CCCN1CC[C@@H](Nc2nc(OC)c3c(-c4cc(F)c5c(c4)C[C@@](C)(C(C)C)C(C)=N5)ccn3n2)C(C)(F)C1. The highest BCUT2D eigenvalue weighted by Gasteiger charge is 2.40. The van der Waals surface area contributed by atoms with Gasteiger partial charge in [-0.3, -0.25) is 4.99 Å². The second-order valence-electron chi connectivity index (χ2n) is 11.9. The summed E-state index contributed by atoms with van der Waals surface area (Å²) in [5, 5.41) is 7.85. The molecule has 0 spiro atoms. The lowest BCUT2D eigenvalue weighted by Gasteiger charge is -2.41. The second-order valence-corrected chi connectivity index (χ2v) is 11.9. The zero-order chi connectivity index (χ0) is 28.1. The van der Waals surface area contributed by atoms with Gasteiger partial charge < -0.3 is 15.0 Å². The Labute approximate surface area is 229 Å². The van der Waals surface area contributed by atoms with Gasteiger partial charge in [-0.15, -0.1) is 5.10 Å². The molecule has 2 aliphatic rings. The van der Waals surface area contributed by atoms with Crippen molar-refractivity contribution in [2.45, 2.75) is 72.5 Å². The van der Waals surface area contributed by atoms with Crippen molar-refractivity contribution in [2.75, 3.05) is 32.1 Å². The van der Waals surface area contributed by atoms with Gasteiger partial charge in [-0.25, -0.2) is 13.3 Å². The molecular formula is C30H40F2N6O. The number of halogens is 2. The van der Waals surface area contributed by atoms with Gasteiger partial charge in [0.15, 0.2) is 0 Å². The van der Waals surface area contributed by atoms with Crippen LogP contribution in [0, 0.1) is 17.2 Å². The number of methoxy groups -OCH3 is 1. The van der Waals surface area contributed by atoms with Crippen molar-refractivity contribution in [1.29, 1.82) is 0 Å². The number of fused-ring (bicyclic) bond motifs is 2. The Morgan fingerprint density at radius 3 is 2.69 bits per heavy atom. The zero-order valence-corrected chi connectivity index (χ0v) is 24.1. The molecule has 39 heavy (non-hydrogen) atoms. The van der Waals surface area contributed by atoms with E-state index in [0.717, 1.165) is 41.9 Å². The molecule has 3 aromatic rings. The first-order chi connectivity index (χ1) is 18.5. The fraction of sp³-hybridized carbons (Fsp3) is 0.567. The number of nitrogens with zero attached hydrogens (tertiary/aromatic N) is 5. The summed E-state index contributed by atoms with van der Waals surface area (Å²) in [4.78, 5) is 11.4. The molecule has 2 aromatic heterocycles. The third kappa shape index (κ3) is 4.90. The quantitative estimate of drug-likeness (QED) is 0.373. The molecule has 1 aromatic carbocycles. The number of hydrogen-bond acceptors (Lipinski definition) is 6. The van der Waals surface area contributed by atoms with Crippen LogP contribution in [0.4, 0.5) is 20.4 Å². The number of benzene rings is 1. The summed E-state index contributed by atoms with van der Waals surface area (Å²) in [5.41, 5.74) is 2.82. The average Bonchev–Trinajstić information content (AvgIpc) is 3.30. The molecule has 0 saturated carbocycles. The molecule has 1 fully saturated rings. The van der Waals surface area contributed by atoms with Crippen LogP contribution in [0.25, 0.3) is 16.6 Å². The van der Waals surface area contributed by atoms with Crippen molar-refractivity contribution >= 4 is 22.9 Å². The number of likely N-dealkylation sites (tertiary alicyclic amines) is 1. The molecule has 1 saturated heterocycles. The highest BCUT2D eigenvalue weighted by atomic mass is 19.1. The first kappa shape index (κ1) is 27.5. The van der Waals surface area contributed by atoms with E-state index in [2.05, 4.69) is 53.0 Å². The molecule has 4 heterocycles. The smallest absolute Gasteiger partial charge is 0.244 e. The van der Waals surface area contributed by atoms with E-state index in [4.69, 9.17) is 4.74 Å². The monoisotopic (exact) mass is 538 g/mol. The van der Waals surface area contributed by atoms with Crippen molar-refractivity contribution in [1.82, 2.24) is 19.5 Å². The van der Waals surface area contributed by atoms with Crippen molar-refractivity contribution < 1.29 is 13.5 Å². The van der Waals surface area contributed by atoms with Gasteiger partial charge in [-0.2, -0.15) is 4.98 Å².